The summed E-state index contributed by atoms with van der Waals surface area (Å²) in [6, 6.07) is 3.72. The highest BCUT2D eigenvalue weighted by molar-refractivity contribution is 5.98. The first-order chi connectivity index (χ1) is 11.7. The van der Waals surface area contributed by atoms with Crippen LogP contribution in [0.15, 0.2) is 12.1 Å². The highest BCUT2D eigenvalue weighted by Gasteiger charge is 2.35. The Hall–Kier alpha value is -2.24. The number of aromatic hydroxyl groups is 1. The second-order valence-corrected chi connectivity index (χ2v) is 7.64. The summed E-state index contributed by atoms with van der Waals surface area (Å²) in [6.07, 6.45) is 2.21. The number of phenolic OH excluding ortho intramolecular Hbond substituents is 1. The van der Waals surface area contributed by atoms with Gasteiger partial charge in [0.05, 0.1) is 5.56 Å². The molecule has 0 bridgehead atoms. The molecule has 0 saturated carbocycles. The molecule has 0 atom stereocenters. The van der Waals surface area contributed by atoms with Crippen molar-refractivity contribution in [2.75, 3.05) is 20.1 Å². The fourth-order valence-corrected chi connectivity index (χ4v) is 3.69. The van der Waals surface area contributed by atoms with Crippen molar-refractivity contribution in [1.29, 1.82) is 0 Å². The Labute approximate surface area is 148 Å². The predicted molar refractivity (Wildman–Crippen MR) is 93.9 cm³/mol. The minimum Gasteiger partial charge on any atom is -0.504 e. The third-order valence-corrected chi connectivity index (χ3v) is 5.23. The molecule has 2 aliphatic rings. The van der Waals surface area contributed by atoms with E-state index in [-0.39, 0.29) is 34.8 Å². The highest BCUT2D eigenvalue weighted by atomic mass is 16.5. The standard InChI is InChI=1S/C19H26N2O4/c1-12(22)20(4)14-7-9-21(10-8-14)18(24)15-6-5-13-11-19(2,3)25-17(13)16(15)23/h5-6,14,23H,7-11H2,1-4H3. The van der Waals surface area contributed by atoms with E-state index in [2.05, 4.69) is 0 Å². The molecule has 0 unspecified atom stereocenters. The quantitative estimate of drug-likeness (QED) is 0.891. The average molecular weight is 346 g/mol. The van der Waals surface area contributed by atoms with E-state index in [4.69, 9.17) is 4.74 Å². The van der Waals surface area contributed by atoms with Gasteiger partial charge in [0.25, 0.3) is 5.91 Å². The van der Waals surface area contributed by atoms with Crippen LogP contribution in [0, 0.1) is 0 Å². The molecule has 2 aliphatic heterocycles. The number of amides is 2. The van der Waals surface area contributed by atoms with Gasteiger partial charge in [-0.3, -0.25) is 9.59 Å². The van der Waals surface area contributed by atoms with Crippen LogP contribution in [-0.2, 0) is 11.2 Å². The van der Waals surface area contributed by atoms with Crippen LogP contribution in [0.2, 0.25) is 0 Å². The van der Waals surface area contributed by atoms with Gasteiger partial charge in [-0.15, -0.1) is 0 Å². The van der Waals surface area contributed by atoms with Gasteiger partial charge in [-0.05, 0) is 32.8 Å². The summed E-state index contributed by atoms with van der Waals surface area (Å²) in [5.74, 6) is 0.233. The maximum Gasteiger partial charge on any atom is 0.257 e. The molecule has 2 heterocycles. The van der Waals surface area contributed by atoms with Crippen LogP contribution in [0.3, 0.4) is 0 Å². The highest BCUT2D eigenvalue weighted by Crippen LogP contribution is 2.43. The van der Waals surface area contributed by atoms with Crippen molar-refractivity contribution >= 4 is 11.8 Å². The van der Waals surface area contributed by atoms with Crippen LogP contribution in [0.4, 0.5) is 0 Å². The van der Waals surface area contributed by atoms with E-state index in [1.807, 2.05) is 19.9 Å². The second kappa shape index (κ2) is 6.24. The Kier molecular flexibility index (Phi) is 4.39. The number of piperidine rings is 1. The Balaban J connectivity index is 1.72. The van der Waals surface area contributed by atoms with Crippen molar-refractivity contribution in [3.8, 4) is 11.5 Å². The molecule has 1 aromatic carbocycles. The van der Waals surface area contributed by atoms with Gasteiger partial charge in [-0.1, -0.05) is 6.07 Å². The molecular formula is C19H26N2O4. The summed E-state index contributed by atoms with van der Waals surface area (Å²) in [5.41, 5.74) is 0.854. The van der Waals surface area contributed by atoms with E-state index in [1.165, 1.54) is 0 Å². The number of hydrogen-bond donors (Lipinski definition) is 1. The molecule has 0 aliphatic carbocycles. The minimum atomic E-state index is -0.364. The van der Waals surface area contributed by atoms with Crippen LogP contribution in [0.25, 0.3) is 0 Å². The number of ether oxygens (including phenoxy) is 1. The molecule has 136 valence electrons. The fraction of sp³-hybridized carbons (Fsp3) is 0.579. The zero-order valence-electron chi connectivity index (χ0n) is 15.3. The molecule has 0 aromatic heterocycles. The number of likely N-dealkylation sites (tertiary alicyclic amines) is 1. The maximum absolute atomic E-state index is 12.8. The van der Waals surface area contributed by atoms with Crippen LogP contribution >= 0.6 is 0 Å². The number of phenols is 1. The summed E-state index contributed by atoms with van der Waals surface area (Å²) in [4.78, 5) is 27.8. The molecule has 25 heavy (non-hydrogen) atoms. The summed E-state index contributed by atoms with van der Waals surface area (Å²) >= 11 is 0. The summed E-state index contributed by atoms with van der Waals surface area (Å²) < 4.78 is 5.81. The monoisotopic (exact) mass is 346 g/mol. The van der Waals surface area contributed by atoms with Crippen LogP contribution in [0.5, 0.6) is 11.5 Å². The van der Waals surface area contributed by atoms with Gasteiger partial charge >= 0.3 is 0 Å². The van der Waals surface area contributed by atoms with Crippen molar-refractivity contribution in [2.24, 2.45) is 0 Å². The third-order valence-electron chi connectivity index (χ3n) is 5.23. The van der Waals surface area contributed by atoms with E-state index in [9.17, 15) is 14.7 Å². The Bertz CT molecular complexity index is 706. The van der Waals surface area contributed by atoms with Gasteiger partial charge in [0.15, 0.2) is 11.5 Å². The van der Waals surface area contributed by atoms with Crippen molar-refractivity contribution < 1.29 is 19.4 Å². The van der Waals surface area contributed by atoms with Crippen molar-refractivity contribution in [3.63, 3.8) is 0 Å². The lowest BCUT2D eigenvalue weighted by Gasteiger charge is -2.36. The van der Waals surface area contributed by atoms with Crippen molar-refractivity contribution in [2.45, 2.75) is 51.7 Å². The van der Waals surface area contributed by atoms with Crippen LogP contribution < -0.4 is 4.74 Å². The predicted octanol–water partition coefficient (Wildman–Crippen LogP) is 2.19. The number of hydrogen-bond acceptors (Lipinski definition) is 4. The number of benzene rings is 1. The van der Waals surface area contributed by atoms with Crippen LogP contribution in [-0.4, -0.2) is 58.5 Å². The largest absolute Gasteiger partial charge is 0.504 e. The molecule has 1 N–H and O–H groups in total. The van der Waals surface area contributed by atoms with E-state index in [0.29, 0.717) is 25.3 Å². The molecule has 3 rings (SSSR count). The number of fused-ring (bicyclic) bond motifs is 1. The third kappa shape index (κ3) is 3.30. The number of carbonyl (C=O) groups excluding carboxylic acids is 2. The number of rotatable bonds is 2. The SMILES string of the molecule is CC(=O)N(C)C1CCN(C(=O)c2ccc3c(c2O)OC(C)(C)C3)CC1. The van der Waals surface area contributed by atoms with Gasteiger partial charge in [-0.2, -0.15) is 0 Å². The molecule has 2 amide bonds. The molecule has 1 fully saturated rings. The first-order valence-electron chi connectivity index (χ1n) is 8.76. The van der Waals surface area contributed by atoms with Gasteiger partial charge in [-0.25, -0.2) is 0 Å². The minimum absolute atomic E-state index is 0.0424. The van der Waals surface area contributed by atoms with E-state index < -0.39 is 0 Å². The molecule has 6 nitrogen and oxygen atoms in total. The second-order valence-electron chi connectivity index (χ2n) is 7.64. The summed E-state index contributed by atoms with van der Waals surface area (Å²) in [7, 11) is 1.80. The summed E-state index contributed by atoms with van der Waals surface area (Å²) in [5, 5.41) is 10.5. The average Bonchev–Trinajstić information content (AvgIpc) is 2.89. The molecule has 6 heteroatoms. The van der Waals surface area contributed by atoms with E-state index >= 15 is 0 Å². The zero-order chi connectivity index (χ0) is 18.4. The summed E-state index contributed by atoms with van der Waals surface area (Å²) in [6.45, 7) is 6.63. The molecule has 0 radical (unpaired) electrons. The number of nitrogens with zero attached hydrogens (tertiary/aromatic N) is 2. The molecular weight excluding hydrogens is 320 g/mol. The fourth-order valence-electron chi connectivity index (χ4n) is 3.69. The molecule has 1 saturated heterocycles. The van der Waals surface area contributed by atoms with Gasteiger partial charge in [0.2, 0.25) is 5.91 Å². The lowest BCUT2D eigenvalue weighted by Crippen LogP contribution is -2.46. The smallest absolute Gasteiger partial charge is 0.257 e. The first kappa shape index (κ1) is 17.6. The Morgan fingerprint density at radius 1 is 1.28 bits per heavy atom. The normalized spacial score (nSPS) is 19.3. The van der Waals surface area contributed by atoms with Gasteiger partial charge < -0.3 is 19.6 Å². The Morgan fingerprint density at radius 2 is 1.92 bits per heavy atom. The molecule has 0 spiro atoms. The van der Waals surface area contributed by atoms with Crippen LogP contribution in [0.1, 0.15) is 49.5 Å². The van der Waals surface area contributed by atoms with E-state index in [0.717, 1.165) is 18.4 Å². The number of carbonyl (C=O) groups is 2. The first-order valence-corrected chi connectivity index (χ1v) is 8.76. The topological polar surface area (TPSA) is 70.1 Å². The lowest BCUT2D eigenvalue weighted by molar-refractivity contribution is -0.130. The van der Waals surface area contributed by atoms with Gasteiger partial charge in [0, 0.05) is 45.1 Å². The maximum atomic E-state index is 12.8. The van der Waals surface area contributed by atoms with Crippen molar-refractivity contribution in [3.05, 3.63) is 23.3 Å². The molecule has 1 aromatic rings. The Morgan fingerprint density at radius 3 is 2.52 bits per heavy atom. The van der Waals surface area contributed by atoms with E-state index in [1.54, 1.807) is 29.8 Å². The lowest BCUT2D eigenvalue weighted by atomic mass is 9.99. The van der Waals surface area contributed by atoms with Crippen molar-refractivity contribution in [1.82, 2.24) is 9.80 Å². The van der Waals surface area contributed by atoms with Gasteiger partial charge in [0.1, 0.15) is 5.60 Å². The zero-order valence-corrected chi connectivity index (χ0v) is 15.3.